The highest BCUT2D eigenvalue weighted by Crippen LogP contribution is 2.34. The topological polar surface area (TPSA) is 0 Å². The van der Waals surface area contributed by atoms with Gasteiger partial charge in [-0.2, -0.15) is 0 Å². The van der Waals surface area contributed by atoms with Crippen LogP contribution in [0.5, 0.6) is 0 Å². The van der Waals surface area contributed by atoms with Crippen molar-refractivity contribution in [2.24, 2.45) is 11.8 Å². The summed E-state index contributed by atoms with van der Waals surface area (Å²) in [5.74, 6) is 1.46. The molecule has 0 radical (unpaired) electrons. The fourth-order valence-electron chi connectivity index (χ4n) is 2.43. The Morgan fingerprint density at radius 2 is 1.50 bits per heavy atom. The van der Waals surface area contributed by atoms with Gasteiger partial charge in [-0.15, -0.1) is 0 Å². The first kappa shape index (κ1) is 11.8. The maximum Gasteiger partial charge on any atom is 0.0921 e. The monoisotopic (exact) mass is 208 g/mol. The smallest absolute Gasteiger partial charge is 0.0921 e. The predicted octanol–water partition coefficient (Wildman–Crippen LogP) is 3.88. The van der Waals surface area contributed by atoms with E-state index in [9.17, 15) is 0 Å². The van der Waals surface area contributed by atoms with E-state index in [1.54, 1.807) is 5.57 Å². The van der Waals surface area contributed by atoms with Crippen LogP contribution in [0.2, 0.25) is 5.54 Å². The molecular weight excluding hydrogens is 184 g/mol. The van der Waals surface area contributed by atoms with Gasteiger partial charge in [0.2, 0.25) is 0 Å². The molecule has 1 heterocycles. The van der Waals surface area contributed by atoms with Gasteiger partial charge in [-0.1, -0.05) is 64.1 Å². The van der Waals surface area contributed by atoms with E-state index in [1.807, 2.05) is 5.20 Å². The minimum Gasteiger partial charge on any atom is -0.0927 e. The van der Waals surface area contributed by atoms with Crippen LogP contribution >= 0.6 is 0 Å². The van der Waals surface area contributed by atoms with Crippen LogP contribution in [0.1, 0.15) is 41.5 Å². The van der Waals surface area contributed by atoms with Crippen molar-refractivity contribution in [1.29, 1.82) is 0 Å². The Balaban J connectivity index is 3.02. The molecule has 1 heteroatoms. The molecule has 1 atom stereocenters. The molecule has 0 aliphatic carbocycles. The molecule has 0 fully saturated rings. The highest BCUT2D eigenvalue weighted by Gasteiger charge is 2.27. The normalized spacial score (nSPS) is 22.2. The minimum absolute atomic E-state index is 0.708. The van der Waals surface area contributed by atoms with E-state index >= 15 is 0 Å². The molecule has 14 heavy (non-hydrogen) atoms. The SMILES string of the molecule is CC(C)C1=C(C(C)C)[SiH](C(C)C)C=C1. The van der Waals surface area contributed by atoms with E-state index < -0.39 is 8.80 Å². The number of allylic oxidation sites excluding steroid dienone is 3. The Hall–Kier alpha value is -0.303. The molecule has 1 aliphatic heterocycles. The lowest BCUT2D eigenvalue weighted by atomic mass is 9.99. The molecule has 0 aromatic rings. The molecule has 0 nitrogen and oxygen atoms in total. The van der Waals surface area contributed by atoms with Gasteiger partial charge in [0.1, 0.15) is 0 Å². The van der Waals surface area contributed by atoms with E-state index in [0.717, 1.165) is 11.5 Å². The molecule has 0 bridgehead atoms. The van der Waals surface area contributed by atoms with Crippen LogP contribution in [0.4, 0.5) is 0 Å². The first-order valence-corrected chi connectivity index (χ1v) is 7.78. The summed E-state index contributed by atoms with van der Waals surface area (Å²) in [4.78, 5) is 0. The number of rotatable bonds is 3. The minimum atomic E-state index is -0.742. The van der Waals surface area contributed by atoms with Crippen molar-refractivity contribution in [2.75, 3.05) is 0 Å². The lowest BCUT2D eigenvalue weighted by molar-refractivity contribution is 0.735. The Bertz CT molecular complexity index is 256. The lowest BCUT2D eigenvalue weighted by Gasteiger charge is -2.22. The van der Waals surface area contributed by atoms with Gasteiger partial charge < -0.3 is 0 Å². The zero-order chi connectivity index (χ0) is 10.9. The van der Waals surface area contributed by atoms with Crippen molar-refractivity contribution in [1.82, 2.24) is 0 Å². The summed E-state index contributed by atoms with van der Waals surface area (Å²) in [5.41, 5.74) is 5.06. The van der Waals surface area contributed by atoms with Crippen LogP contribution in [0.15, 0.2) is 22.5 Å². The van der Waals surface area contributed by atoms with Gasteiger partial charge in [-0.25, -0.2) is 0 Å². The van der Waals surface area contributed by atoms with E-state index in [1.165, 1.54) is 0 Å². The second-order valence-corrected chi connectivity index (χ2v) is 8.74. The third kappa shape index (κ3) is 2.19. The average Bonchev–Trinajstić information content (AvgIpc) is 2.46. The summed E-state index contributed by atoms with van der Waals surface area (Å²) < 4.78 is 0. The first-order chi connectivity index (χ1) is 6.45. The van der Waals surface area contributed by atoms with Crippen LogP contribution in [-0.2, 0) is 0 Å². The molecule has 0 N–H and O–H groups in total. The molecular formula is C13H24Si. The fourth-order valence-corrected chi connectivity index (χ4v) is 5.79. The summed E-state index contributed by atoms with van der Waals surface area (Å²) in [6, 6.07) is 0. The third-order valence-electron chi connectivity index (χ3n) is 3.14. The lowest BCUT2D eigenvalue weighted by Crippen LogP contribution is -2.20. The molecule has 0 saturated heterocycles. The summed E-state index contributed by atoms with van der Waals surface area (Å²) in [6.07, 6.45) is 2.41. The molecule has 0 spiro atoms. The van der Waals surface area contributed by atoms with Gasteiger partial charge >= 0.3 is 0 Å². The van der Waals surface area contributed by atoms with Gasteiger partial charge in [0, 0.05) is 0 Å². The van der Waals surface area contributed by atoms with Crippen molar-refractivity contribution in [3.05, 3.63) is 22.5 Å². The van der Waals surface area contributed by atoms with Crippen molar-refractivity contribution in [2.45, 2.75) is 47.1 Å². The van der Waals surface area contributed by atoms with Crippen molar-refractivity contribution in [3.63, 3.8) is 0 Å². The van der Waals surface area contributed by atoms with Crippen molar-refractivity contribution < 1.29 is 0 Å². The van der Waals surface area contributed by atoms with Gasteiger partial charge in [-0.3, -0.25) is 0 Å². The average molecular weight is 208 g/mol. The molecule has 0 saturated carbocycles. The Morgan fingerprint density at radius 1 is 0.929 bits per heavy atom. The number of hydrogen-bond donors (Lipinski definition) is 0. The van der Waals surface area contributed by atoms with Gasteiger partial charge in [0.15, 0.2) is 0 Å². The highest BCUT2D eigenvalue weighted by molar-refractivity contribution is 6.74. The van der Waals surface area contributed by atoms with Gasteiger partial charge in [-0.05, 0) is 17.4 Å². The first-order valence-electron chi connectivity index (χ1n) is 5.87. The van der Waals surface area contributed by atoms with Crippen molar-refractivity contribution in [3.8, 4) is 0 Å². The van der Waals surface area contributed by atoms with Crippen LogP contribution in [0, 0.1) is 11.8 Å². The molecule has 1 rings (SSSR count). The van der Waals surface area contributed by atoms with Crippen LogP contribution in [0.25, 0.3) is 0 Å². The Kier molecular flexibility index (Phi) is 3.76. The van der Waals surface area contributed by atoms with E-state index in [0.29, 0.717) is 5.92 Å². The molecule has 0 amide bonds. The van der Waals surface area contributed by atoms with E-state index in [2.05, 4.69) is 53.3 Å². The zero-order valence-electron chi connectivity index (χ0n) is 10.5. The maximum absolute atomic E-state index is 2.54. The fraction of sp³-hybridized carbons (Fsp3) is 0.692. The zero-order valence-corrected chi connectivity index (χ0v) is 11.6. The third-order valence-corrected chi connectivity index (χ3v) is 6.90. The van der Waals surface area contributed by atoms with Crippen LogP contribution in [0.3, 0.4) is 0 Å². The molecule has 1 unspecified atom stereocenters. The molecule has 1 aliphatic rings. The van der Waals surface area contributed by atoms with Crippen LogP contribution < -0.4 is 0 Å². The van der Waals surface area contributed by atoms with E-state index in [-0.39, 0.29) is 0 Å². The number of hydrogen-bond acceptors (Lipinski definition) is 0. The predicted molar refractivity (Wildman–Crippen MR) is 68.1 cm³/mol. The standard InChI is InChI=1S/C13H24Si/c1-9(2)12-7-8-14(11(5)6)13(12)10(3)4/h7-11,14H,1-6H3. The van der Waals surface area contributed by atoms with Crippen LogP contribution in [-0.4, -0.2) is 8.80 Å². The molecule has 80 valence electrons. The van der Waals surface area contributed by atoms with Gasteiger partial charge in [0.05, 0.1) is 8.80 Å². The maximum atomic E-state index is 2.54. The molecule has 0 aromatic carbocycles. The van der Waals surface area contributed by atoms with Crippen molar-refractivity contribution >= 4 is 8.80 Å². The Morgan fingerprint density at radius 3 is 1.86 bits per heavy atom. The van der Waals surface area contributed by atoms with Gasteiger partial charge in [0.25, 0.3) is 0 Å². The largest absolute Gasteiger partial charge is 0.0927 e. The second kappa shape index (κ2) is 4.48. The van der Waals surface area contributed by atoms with E-state index in [4.69, 9.17) is 0 Å². The summed E-state index contributed by atoms with van der Waals surface area (Å²) in [6.45, 7) is 14.1. The summed E-state index contributed by atoms with van der Waals surface area (Å²) >= 11 is 0. The highest BCUT2D eigenvalue weighted by atomic mass is 28.3. The molecule has 0 aromatic heterocycles. The summed E-state index contributed by atoms with van der Waals surface area (Å²) in [5, 5.41) is 1.81. The second-order valence-electron chi connectivity index (χ2n) is 5.35. The summed E-state index contributed by atoms with van der Waals surface area (Å²) in [7, 11) is -0.742. The Labute approximate surface area is 90.7 Å². The quantitative estimate of drug-likeness (QED) is 0.618.